The van der Waals surface area contributed by atoms with Gasteiger partial charge >= 0.3 is 0 Å². The lowest BCUT2D eigenvalue weighted by Gasteiger charge is -2.32. The van der Waals surface area contributed by atoms with Gasteiger partial charge < -0.3 is 15.0 Å². The number of hydrogen-bond donors (Lipinski definition) is 1. The minimum absolute atomic E-state index is 0.0777. The average Bonchev–Trinajstić information content (AvgIpc) is 2.84. The topological polar surface area (TPSA) is 61.9 Å². The van der Waals surface area contributed by atoms with Crippen LogP contribution in [0.15, 0.2) is 54.6 Å². The van der Waals surface area contributed by atoms with Crippen molar-refractivity contribution in [3.05, 3.63) is 71.5 Å². The molecule has 0 bridgehead atoms. The molecule has 6 nitrogen and oxygen atoms in total. The van der Waals surface area contributed by atoms with Gasteiger partial charge in [-0.2, -0.15) is 0 Å². The van der Waals surface area contributed by atoms with E-state index in [1.54, 1.807) is 17.0 Å². The molecular weight excluding hydrogens is 421 g/mol. The summed E-state index contributed by atoms with van der Waals surface area (Å²) in [7, 11) is 0. The monoisotopic (exact) mass is 455 g/mol. The number of amides is 2. The summed E-state index contributed by atoms with van der Waals surface area (Å²) in [5.41, 5.74) is 1.78. The molecule has 1 aliphatic heterocycles. The smallest absolute Gasteiger partial charge is 0.243 e. The van der Waals surface area contributed by atoms with E-state index in [9.17, 15) is 14.0 Å². The van der Waals surface area contributed by atoms with Gasteiger partial charge in [0.25, 0.3) is 0 Å². The Morgan fingerprint density at radius 1 is 1.06 bits per heavy atom. The van der Waals surface area contributed by atoms with E-state index in [1.165, 1.54) is 12.1 Å². The second-order valence-electron chi connectivity index (χ2n) is 8.35. The lowest BCUT2D eigenvalue weighted by atomic mass is 10.0. The van der Waals surface area contributed by atoms with Crippen LogP contribution in [0.3, 0.4) is 0 Å². The molecule has 2 amide bonds. The van der Waals surface area contributed by atoms with E-state index in [1.807, 2.05) is 37.3 Å². The first-order valence-electron chi connectivity index (χ1n) is 11.7. The summed E-state index contributed by atoms with van der Waals surface area (Å²) >= 11 is 0. The van der Waals surface area contributed by atoms with Crippen LogP contribution < -0.4 is 5.32 Å². The van der Waals surface area contributed by atoms with Gasteiger partial charge in [-0.05, 0) is 29.7 Å². The summed E-state index contributed by atoms with van der Waals surface area (Å²) in [4.78, 5) is 30.4. The fraction of sp³-hybridized carbons (Fsp3) is 0.462. The molecule has 0 aliphatic carbocycles. The summed E-state index contributed by atoms with van der Waals surface area (Å²) in [6, 6.07) is 15.2. The van der Waals surface area contributed by atoms with Crippen LogP contribution in [0.1, 0.15) is 30.9 Å². The van der Waals surface area contributed by atoms with Crippen LogP contribution in [0, 0.1) is 5.82 Å². The molecule has 2 aromatic rings. The van der Waals surface area contributed by atoms with Gasteiger partial charge in [-0.3, -0.25) is 14.5 Å². The summed E-state index contributed by atoms with van der Waals surface area (Å²) in [6.07, 6.45) is 1.46. The highest BCUT2D eigenvalue weighted by Crippen LogP contribution is 2.16. The number of halogens is 1. The molecule has 0 aromatic heterocycles. The fourth-order valence-electron chi connectivity index (χ4n) is 3.98. The quantitative estimate of drug-likeness (QED) is 0.566. The zero-order chi connectivity index (χ0) is 23.5. The molecule has 33 heavy (non-hydrogen) atoms. The van der Waals surface area contributed by atoms with E-state index in [-0.39, 0.29) is 24.2 Å². The number of carbonyl (C=O) groups is 2. The number of carbonyl (C=O) groups excluding carboxylic acids is 2. The van der Waals surface area contributed by atoms with Crippen LogP contribution in [0.5, 0.6) is 0 Å². The second kappa shape index (κ2) is 13.1. The third-order valence-corrected chi connectivity index (χ3v) is 5.83. The largest absolute Gasteiger partial charge is 0.379 e. The minimum atomic E-state index is -0.652. The third kappa shape index (κ3) is 7.94. The van der Waals surface area contributed by atoms with Crippen LogP contribution >= 0.6 is 0 Å². The van der Waals surface area contributed by atoms with Gasteiger partial charge in [0.2, 0.25) is 11.8 Å². The zero-order valence-corrected chi connectivity index (χ0v) is 19.3. The highest BCUT2D eigenvalue weighted by molar-refractivity contribution is 5.88. The molecule has 1 atom stereocenters. The van der Waals surface area contributed by atoms with Gasteiger partial charge in [0.15, 0.2) is 0 Å². The predicted molar refractivity (Wildman–Crippen MR) is 126 cm³/mol. The van der Waals surface area contributed by atoms with Crippen molar-refractivity contribution in [1.29, 1.82) is 0 Å². The van der Waals surface area contributed by atoms with Crippen molar-refractivity contribution in [3.8, 4) is 0 Å². The SMILES string of the molecule is CCCC(=O)N(Cc1ccc(F)cc1)[C@H](Cc1ccccc1)C(=O)NCCN1CCOCC1. The van der Waals surface area contributed by atoms with Crippen molar-refractivity contribution >= 4 is 11.8 Å². The second-order valence-corrected chi connectivity index (χ2v) is 8.35. The number of benzene rings is 2. The molecule has 0 unspecified atom stereocenters. The van der Waals surface area contributed by atoms with Crippen molar-refractivity contribution in [1.82, 2.24) is 15.1 Å². The summed E-state index contributed by atoms with van der Waals surface area (Å²) < 4.78 is 18.8. The normalized spacial score (nSPS) is 15.1. The van der Waals surface area contributed by atoms with Gasteiger partial charge in [-0.25, -0.2) is 4.39 Å². The van der Waals surface area contributed by atoms with E-state index in [4.69, 9.17) is 4.74 Å². The molecule has 0 spiro atoms. The van der Waals surface area contributed by atoms with Crippen LogP contribution in [0.25, 0.3) is 0 Å². The molecule has 1 heterocycles. The summed E-state index contributed by atoms with van der Waals surface area (Å²) in [6.45, 7) is 6.59. The Labute approximate surface area is 195 Å². The van der Waals surface area contributed by atoms with Crippen molar-refractivity contribution in [2.45, 2.75) is 38.8 Å². The van der Waals surface area contributed by atoms with Crippen LogP contribution in [-0.4, -0.2) is 67.0 Å². The Kier molecular flexibility index (Phi) is 9.84. The number of rotatable bonds is 11. The lowest BCUT2D eigenvalue weighted by Crippen LogP contribution is -2.51. The molecular formula is C26H34FN3O3. The maximum Gasteiger partial charge on any atom is 0.243 e. The maximum absolute atomic E-state index is 13.4. The van der Waals surface area contributed by atoms with Crippen molar-refractivity contribution in [3.63, 3.8) is 0 Å². The van der Waals surface area contributed by atoms with Crippen molar-refractivity contribution in [2.75, 3.05) is 39.4 Å². The van der Waals surface area contributed by atoms with Gasteiger partial charge in [0.1, 0.15) is 11.9 Å². The van der Waals surface area contributed by atoms with Gasteiger partial charge in [0, 0.05) is 45.6 Å². The number of nitrogens with one attached hydrogen (secondary N) is 1. The van der Waals surface area contributed by atoms with Gasteiger partial charge in [-0.15, -0.1) is 0 Å². The van der Waals surface area contributed by atoms with E-state index >= 15 is 0 Å². The molecule has 1 saturated heterocycles. The molecule has 2 aromatic carbocycles. The first-order chi connectivity index (χ1) is 16.1. The molecule has 3 rings (SSSR count). The highest BCUT2D eigenvalue weighted by Gasteiger charge is 2.30. The highest BCUT2D eigenvalue weighted by atomic mass is 19.1. The zero-order valence-electron chi connectivity index (χ0n) is 19.3. The van der Waals surface area contributed by atoms with E-state index in [2.05, 4.69) is 10.2 Å². The first kappa shape index (κ1) is 24.9. The van der Waals surface area contributed by atoms with Crippen LogP contribution in [0.4, 0.5) is 4.39 Å². The van der Waals surface area contributed by atoms with Crippen molar-refractivity contribution in [2.24, 2.45) is 0 Å². The Morgan fingerprint density at radius 3 is 2.42 bits per heavy atom. The third-order valence-electron chi connectivity index (χ3n) is 5.83. The van der Waals surface area contributed by atoms with E-state index in [0.29, 0.717) is 39.0 Å². The van der Waals surface area contributed by atoms with Gasteiger partial charge in [0.05, 0.1) is 13.2 Å². The molecule has 7 heteroatoms. The van der Waals surface area contributed by atoms with Gasteiger partial charge in [-0.1, -0.05) is 49.4 Å². The van der Waals surface area contributed by atoms with Crippen molar-refractivity contribution < 1.29 is 18.7 Å². The molecule has 0 saturated carbocycles. The Balaban J connectivity index is 1.77. The minimum Gasteiger partial charge on any atom is -0.379 e. The Morgan fingerprint density at radius 2 is 1.76 bits per heavy atom. The van der Waals surface area contributed by atoms with E-state index < -0.39 is 6.04 Å². The molecule has 0 radical (unpaired) electrons. The number of morpholine rings is 1. The number of nitrogens with zero attached hydrogens (tertiary/aromatic N) is 2. The summed E-state index contributed by atoms with van der Waals surface area (Å²) in [5, 5.41) is 3.05. The fourth-order valence-corrected chi connectivity index (χ4v) is 3.98. The molecule has 1 aliphatic rings. The lowest BCUT2D eigenvalue weighted by molar-refractivity contribution is -0.141. The first-order valence-corrected chi connectivity index (χ1v) is 11.7. The number of ether oxygens (including phenoxy) is 1. The molecule has 178 valence electrons. The van der Waals surface area contributed by atoms with Crippen LogP contribution in [0.2, 0.25) is 0 Å². The Hall–Kier alpha value is -2.77. The average molecular weight is 456 g/mol. The van der Waals surface area contributed by atoms with E-state index in [0.717, 1.165) is 30.8 Å². The maximum atomic E-state index is 13.4. The summed E-state index contributed by atoms with van der Waals surface area (Å²) in [5.74, 6) is -0.573. The molecule has 1 N–H and O–H groups in total. The standard InChI is InChI=1S/C26H34FN3O3/c1-2-6-25(31)30(20-22-9-11-23(27)12-10-22)24(19-21-7-4-3-5-8-21)26(32)28-13-14-29-15-17-33-18-16-29/h3-5,7-12,24H,2,6,13-20H2,1H3,(H,28,32)/t24-/m1/s1. The predicted octanol–water partition coefficient (Wildman–Crippen LogP) is 3.01. The number of hydrogen-bond acceptors (Lipinski definition) is 4. The Bertz CT molecular complexity index is 870. The van der Waals surface area contributed by atoms with Crippen LogP contribution in [-0.2, 0) is 27.3 Å². The molecule has 1 fully saturated rings.